The molecule has 0 aliphatic carbocycles. The molecule has 0 radical (unpaired) electrons. The van der Waals surface area contributed by atoms with Crippen molar-refractivity contribution < 1.29 is 33.4 Å². The van der Waals surface area contributed by atoms with E-state index in [1.165, 1.54) is 0 Å². The summed E-state index contributed by atoms with van der Waals surface area (Å²) in [6.07, 6.45) is -0.132. The van der Waals surface area contributed by atoms with Crippen LogP contribution in [0.5, 0.6) is 17.2 Å². The number of ether oxygens (including phenoxy) is 3. The highest BCUT2D eigenvalue weighted by Crippen LogP contribution is 2.27. The van der Waals surface area contributed by atoms with Gasteiger partial charge in [-0.25, -0.2) is 0 Å². The van der Waals surface area contributed by atoms with E-state index in [4.69, 9.17) is 14.2 Å². The Labute approximate surface area is 263 Å². The number of rotatable bonds is 9. The summed E-state index contributed by atoms with van der Waals surface area (Å²) >= 11 is 0. The summed E-state index contributed by atoms with van der Waals surface area (Å²) in [7, 11) is 1.55. The van der Waals surface area contributed by atoms with Crippen LogP contribution in [0.1, 0.15) is 34.8 Å². The van der Waals surface area contributed by atoms with Crippen LogP contribution >= 0.6 is 0 Å². The van der Waals surface area contributed by atoms with Gasteiger partial charge in [-0.05, 0) is 49.2 Å². The van der Waals surface area contributed by atoms with E-state index in [2.05, 4.69) is 16.0 Å². The Bertz CT molecular complexity index is 1480. The van der Waals surface area contributed by atoms with E-state index in [9.17, 15) is 19.2 Å². The number of likely N-dealkylation sites (N-methyl/N-ethyl adjacent to an activating group) is 1. The van der Waals surface area contributed by atoms with Gasteiger partial charge in [0.2, 0.25) is 17.7 Å². The lowest BCUT2D eigenvalue weighted by atomic mass is 10.0. The Balaban J connectivity index is 1.53. The molecule has 0 saturated heterocycles. The first-order valence-electron chi connectivity index (χ1n) is 15.0. The van der Waals surface area contributed by atoms with Crippen molar-refractivity contribution in [2.45, 2.75) is 38.8 Å². The maximum absolute atomic E-state index is 13.6. The van der Waals surface area contributed by atoms with Crippen molar-refractivity contribution in [3.63, 3.8) is 0 Å². The van der Waals surface area contributed by atoms with Crippen molar-refractivity contribution >= 4 is 23.6 Å². The fraction of sp³-hybridized carbons (Fsp3) is 0.353. The van der Waals surface area contributed by atoms with Crippen molar-refractivity contribution in [3.8, 4) is 17.2 Å². The van der Waals surface area contributed by atoms with Gasteiger partial charge in [0.05, 0.1) is 32.2 Å². The third-order valence-electron chi connectivity index (χ3n) is 7.35. The quantitative estimate of drug-likeness (QED) is 0.315. The summed E-state index contributed by atoms with van der Waals surface area (Å²) in [6.45, 7) is 4.79. The summed E-state index contributed by atoms with van der Waals surface area (Å²) in [5, 5.41) is 8.25. The number of carbonyl (C=O) groups excluding carboxylic acids is 4. The number of nitrogens with one attached hydrogen (secondary N) is 3. The fourth-order valence-corrected chi connectivity index (χ4v) is 4.98. The number of benzene rings is 3. The molecule has 0 unspecified atom stereocenters. The number of hydrogen-bond donors (Lipinski definition) is 3. The molecule has 0 bridgehead atoms. The smallest absolute Gasteiger partial charge is 0.255 e. The minimum Gasteiger partial charge on any atom is -0.493 e. The highest BCUT2D eigenvalue weighted by Gasteiger charge is 2.30. The van der Waals surface area contributed by atoms with Gasteiger partial charge in [-0.3, -0.25) is 19.2 Å². The summed E-state index contributed by atoms with van der Waals surface area (Å²) in [6, 6.07) is 19.4. The molecule has 3 aromatic rings. The molecule has 3 aromatic carbocycles. The van der Waals surface area contributed by atoms with Gasteiger partial charge in [0.1, 0.15) is 31.0 Å². The molecule has 45 heavy (non-hydrogen) atoms. The van der Waals surface area contributed by atoms with Gasteiger partial charge in [0.15, 0.2) is 11.5 Å². The minimum atomic E-state index is -1.24. The van der Waals surface area contributed by atoms with Crippen LogP contribution in [-0.2, 0) is 20.8 Å². The van der Waals surface area contributed by atoms with E-state index in [1.807, 2.05) is 56.3 Å². The second kappa shape index (κ2) is 16.1. The number of hydrogen-bond acceptors (Lipinski definition) is 7. The van der Waals surface area contributed by atoms with Crippen LogP contribution in [0.3, 0.4) is 0 Å². The first kappa shape index (κ1) is 32.8. The number of carbonyl (C=O) groups is 4. The van der Waals surface area contributed by atoms with Gasteiger partial charge in [-0.2, -0.15) is 0 Å². The highest BCUT2D eigenvalue weighted by molar-refractivity contribution is 6.01. The second-order valence-electron chi connectivity index (χ2n) is 10.6. The lowest BCUT2D eigenvalue weighted by Gasteiger charge is -2.28. The summed E-state index contributed by atoms with van der Waals surface area (Å²) < 4.78 is 17.1. The third-order valence-corrected chi connectivity index (χ3v) is 7.35. The SMILES string of the molecule is CCN1CCOc2ccccc2C(=O)N[C@H](C(=O)NCCOc2ccc(C)cc2OC)CC(=O)N[C@H](Cc2ccccc2)C1=O. The fourth-order valence-electron chi connectivity index (χ4n) is 4.98. The molecule has 11 nitrogen and oxygen atoms in total. The number of para-hydroxylation sites is 1. The third kappa shape index (κ3) is 9.21. The summed E-state index contributed by atoms with van der Waals surface area (Å²) in [5.74, 6) is -0.570. The van der Waals surface area contributed by atoms with E-state index in [0.29, 0.717) is 23.8 Å². The van der Waals surface area contributed by atoms with Crippen molar-refractivity contribution in [2.24, 2.45) is 0 Å². The normalized spacial score (nSPS) is 17.6. The molecule has 4 amide bonds. The first-order chi connectivity index (χ1) is 21.8. The van der Waals surface area contributed by atoms with Crippen LogP contribution in [0.4, 0.5) is 0 Å². The molecule has 2 atom stereocenters. The van der Waals surface area contributed by atoms with Crippen LogP contribution < -0.4 is 30.2 Å². The Morgan fingerprint density at radius 2 is 1.76 bits per heavy atom. The van der Waals surface area contributed by atoms with Crippen molar-refractivity contribution in [2.75, 3.05) is 40.0 Å². The lowest BCUT2D eigenvalue weighted by Crippen LogP contribution is -2.54. The topological polar surface area (TPSA) is 135 Å². The lowest BCUT2D eigenvalue weighted by molar-refractivity contribution is -0.137. The molecule has 0 spiro atoms. The Morgan fingerprint density at radius 3 is 2.51 bits per heavy atom. The summed E-state index contributed by atoms with van der Waals surface area (Å²) in [4.78, 5) is 55.4. The van der Waals surface area contributed by atoms with E-state index in [-0.39, 0.29) is 44.2 Å². The number of nitrogens with zero attached hydrogens (tertiary/aromatic N) is 1. The number of amides is 4. The van der Waals surface area contributed by atoms with Gasteiger partial charge >= 0.3 is 0 Å². The van der Waals surface area contributed by atoms with Gasteiger partial charge in [-0.15, -0.1) is 0 Å². The first-order valence-corrected chi connectivity index (χ1v) is 15.0. The Hall–Kier alpha value is -5.06. The van der Waals surface area contributed by atoms with Gasteiger partial charge in [-0.1, -0.05) is 48.5 Å². The van der Waals surface area contributed by atoms with Crippen LogP contribution in [0.2, 0.25) is 0 Å². The minimum absolute atomic E-state index is 0.101. The maximum atomic E-state index is 13.6. The average molecular weight is 617 g/mol. The van der Waals surface area contributed by atoms with Crippen LogP contribution in [0, 0.1) is 6.92 Å². The zero-order valence-corrected chi connectivity index (χ0v) is 25.8. The van der Waals surface area contributed by atoms with Crippen LogP contribution in [0.25, 0.3) is 0 Å². The zero-order valence-electron chi connectivity index (χ0n) is 25.8. The average Bonchev–Trinajstić information content (AvgIpc) is 3.04. The zero-order chi connectivity index (χ0) is 32.2. The van der Waals surface area contributed by atoms with Gasteiger partial charge < -0.3 is 35.1 Å². The molecular formula is C34H40N4O7. The molecule has 0 saturated carbocycles. The molecule has 4 rings (SSSR count). The number of aryl methyl sites for hydroxylation is 1. The predicted octanol–water partition coefficient (Wildman–Crippen LogP) is 2.66. The van der Waals surface area contributed by atoms with E-state index in [0.717, 1.165) is 11.1 Å². The molecule has 1 aliphatic heterocycles. The van der Waals surface area contributed by atoms with Crippen LogP contribution in [0.15, 0.2) is 72.8 Å². The van der Waals surface area contributed by atoms with Gasteiger partial charge in [0, 0.05) is 13.0 Å². The van der Waals surface area contributed by atoms with Crippen molar-refractivity contribution in [3.05, 3.63) is 89.5 Å². The van der Waals surface area contributed by atoms with E-state index in [1.54, 1.807) is 42.3 Å². The van der Waals surface area contributed by atoms with E-state index < -0.39 is 36.2 Å². The molecular weight excluding hydrogens is 576 g/mol. The summed E-state index contributed by atoms with van der Waals surface area (Å²) in [5.41, 5.74) is 2.09. The molecule has 0 fully saturated rings. The standard InChI is InChI=1S/C34H40N4O7/c1-4-38-17-19-45-28-13-9-8-12-25(28)32(40)37-26(22-31(39)36-27(34(38)42)21-24-10-6-5-7-11-24)33(41)35-16-18-44-29-15-14-23(2)20-30(29)43-3/h5-15,20,26-27H,4,16-19,21-22H2,1-3H3,(H,35,41)(H,36,39)(H,37,40)/t26-,27+/m0/s1. The predicted molar refractivity (Wildman–Crippen MR) is 168 cm³/mol. The highest BCUT2D eigenvalue weighted by atomic mass is 16.5. The molecule has 0 aromatic heterocycles. The van der Waals surface area contributed by atoms with Crippen molar-refractivity contribution in [1.82, 2.24) is 20.9 Å². The second-order valence-corrected chi connectivity index (χ2v) is 10.6. The largest absolute Gasteiger partial charge is 0.493 e. The molecule has 1 heterocycles. The Morgan fingerprint density at radius 1 is 1.00 bits per heavy atom. The maximum Gasteiger partial charge on any atom is 0.255 e. The Kier molecular flexibility index (Phi) is 11.8. The molecule has 11 heteroatoms. The van der Waals surface area contributed by atoms with Crippen LogP contribution in [-0.4, -0.2) is 80.6 Å². The van der Waals surface area contributed by atoms with Gasteiger partial charge in [0.25, 0.3) is 5.91 Å². The number of methoxy groups -OCH3 is 1. The van der Waals surface area contributed by atoms with Crippen molar-refractivity contribution in [1.29, 1.82) is 0 Å². The molecule has 238 valence electrons. The monoisotopic (exact) mass is 616 g/mol. The molecule has 1 aliphatic rings. The molecule has 3 N–H and O–H groups in total. The number of fused-ring (bicyclic) bond motifs is 1. The van der Waals surface area contributed by atoms with E-state index >= 15 is 0 Å².